The molecule has 0 unspecified atom stereocenters. The van der Waals surface area contributed by atoms with Gasteiger partial charge >= 0.3 is 0 Å². The molecule has 2 aromatic rings. The van der Waals surface area contributed by atoms with Gasteiger partial charge in [0.2, 0.25) is 5.91 Å². The first kappa shape index (κ1) is 19.4. The monoisotopic (exact) mass is 392 g/mol. The number of aryl methyl sites for hydroxylation is 1. The SMILES string of the molecule is COc1ccc(/C=C/[C@]23NC(=O)CCN2c2ccc(C)cc2C3(C)C)c(OC)c1. The van der Waals surface area contributed by atoms with Crippen molar-refractivity contribution in [2.24, 2.45) is 0 Å². The van der Waals surface area contributed by atoms with Crippen LogP contribution in [0.25, 0.3) is 6.08 Å². The molecule has 2 aromatic carbocycles. The topological polar surface area (TPSA) is 50.8 Å². The number of carbonyl (C=O) groups is 1. The molecule has 4 rings (SSSR count). The summed E-state index contributed by atoms with van der Waals surface area (Å²) in [6, 6.07) is 12.3. The van der Waals surface area contributed by atoms with Gasteiger partial charge in [-0.3, -0.25) is 4.79 Å². The lowest BCUT2D eigenvalue weighted by Crippen LogP contribution is -2.68. The maximum absolute atomic E-state index is 12.5. The van der Waals surface area contributed by atoms with Crippen LogP contribution in [0.2, 0.25) is 0 Å². The van der Waals surface area contributed by atoms with E-state index in [9.17, 15) is 4.79 Å². The van der Waals surface area contributed by atoms with Crippen molar-refractivity contribution in [1.82, 2.24) is 5.32 Å². The average molecular weight is 392 g/mol. The van der Waals surface area contributed by atoms with Crippen LogP contribution in [-0.2, 0) is 10.2 Å². The number of anilines is 1. The summed E-state index contributed by atoms with van der Waals surface area (Å²) in [7, 11) is 3.29. The molecule has 2 heterocycles. The smallest absolute Gasteiger partial charge is 0.223 e. The van der Waals surface area contributed by atoms with Crippen LogP contribution in [0.3, 0.4) is 0 Å². The Morgan fingerprint density at radius 1 is 1.10 bits per heavy atom. The fourth-order valence-corrected chi connectivity index (χ4v) is 4.63. The molecular formula is C24H28N2O3. The fourth-order valence-electron chi connectivity index (χ4n) is 4.63. The molecule has 0 bridgehead atoms. The molecule has 2 aliphatic heterocycles. The maximum Gasteiger partial charge on any atom is 0.223 e. The number of rotatable bonds is 4. The standard InChI is InChI=1S/C24H28N2O3/c1-16-6-9-20-19(14-16)23(2,3)24(25-22(27)11-13-26(20)24)12-10-17-7-8-18(28-4)15-21(17)29-5/h6-10,12,14-15H,11,13H2,1-5H3,(H,25,27)/b12-10+/t24-/m0/s1. The van der Waals surface area contributed by atoms with Gasteiger partial charge in [0.1, 0.15) is 17.2 Å². The summed E-state index contributed by atoms with van der Waals surface area (Å²) < 4.78 is 10.9. The zero-order valence-electron chi connectivity index (χ0n) is 17.7. The van der Waals surface area contributed by atoms with Gasteiger partial charge < -0.3 is 19.7 Å². The third-order valence-corrected chi connectivity index (χ3v) is 6.33. The first-order valence-corrected chi connectivity index (χ1v) is 9.93. The first-order valence-electron chi connectivity index (χ1n) is 9.93. The van der Waals surface area contributed by atoms with E-state index in [0.29, 0.717) is 13.0 Å². The molecule has 5 nitrogen and oxygen atoms in total. The van der Waals surface area contributed by atoms with Gasteiger partial charge in [-0.15, -0.1) is 0 Å². The van der Waals surface area contributed by atoms with E-state index < -0.39 is 5.66 Å². The Bertz CT molecular complexity index is 996. The quantitative estimate of drug-likeness (QED) is 0.853. The highest BCUT2D eigenvalue weighted by Crippen LogP contribution is 2.52. The summed E-state index contributed by atoms with van der Waals surface area (Å²) in [6.45, 7) is 7.20. The van der Waals surface area contributed by atoms with Crippen LogP contribution in [0.4, 0.5) is 5.69 Å². The lowest BCUT2D eigenvalue weighted by Gasteiger charge is -2.49. The second kappa shape index (κ2) is 6.83. The zero-order chi connectivity index (χ0) is 20.8. The Hall–Kier alpha value is -2.95. The number of hydrogen-bond acceptors (Lipinski definition) is 4. The third-order valence-electron chi connectivity index (χ3n) is 6.33. The number of ether oxygens (including phenoxy) is 2. The first-order chi connectivity index (χ1) is 13.8. The van der Waals surface area contributed by atoms with Crippen LogP contribution in [0.15, 0.2) is 42.5 Å². The third kappa shape index (κ3) is 2.87. The molecule has 152 valence electrons. The number of amides is 1. The molecule has 0 spiro atoms. The second-order valence-corrected chi connectivity index (χ2v) is 8.30. The molecule has 1 fully saturated rings. The van der Waals surface area contributed by atoms with Gasteiger partial charge in [-0.1, -0.05) is 37.6 Å². The summed E-state index contributed by atoms with van der Waals surface area (Å²) in [6.07, 6.45) is 4.64. The van der Waals surface area contributed by atoms with Crippen molar-refractivity contribution in [3.63, 3.8) is 0 Å². The second-order valence-electron chi connectivity index (χ2n) is 8.30. The molecule has 1 saturated heterocycles. The van der Waals surface area contributed by atoms with E-state index in [-0.39, 0.29) is 11.3 Å². The van der Waals surface area contributed by atoms with E-state index in [4.69, 9.17) is 9.47 Å². The Kier molecular flexibility index (Phi) is 4.56. The van der Waals surface area contributed by atoms with Crippen LogP contribution < -0.4 is 19.7 Å². The highest BCUT2D eigenvalue weighted by Gasteiger charge is 2.57. The van der Waals surface area contributed by atoms with Gasteiger partial charge in [-0.25, -0.2) is 0 Å². The van der Waals surface area contributed by atoms with E-state index in [1.54, 1.807) is 14.2 Å². The van der Waals surface area contributed by atoms with Gasteiger partial charge in [-0.2, -0.15) is 0 Å². The molecular weight excluding hydrogens is 364 g/mol. The van der Waals surface area contributed by atoms with Gasteiger partial charge in [0.05, 0.1) is 14.2 Å². The molecule has 5 heteroatoms. The highest BCUT2D eigenvalue weighted by atomic mass is 16.5. The van der Waals surface area contributed by atoms with Crippen molar-refractivity contribution in [3.05, 3.63) is 59.2 Å². The molecule has 29 heavy (non-hydrogen) atoms. The molecule has 1 atom stereocenters. The number of hydrogen-bond donors (Lipinski definition) is 1. The van der Waals surface area contributed by atoms with E-state index in [1.165, 1.54) is 16.8 Å². The Balaban J connectivity index is 1.83. The lowest BCUT2D eigenvalue weighted by atomic mass is 9.74. The van der Waals surface area contributed by atoms with Crippen molar-refractivity contribution in [2.45, 2.75) is 38.3 Å². The fraction of sp³-hybridized carbons (Fsp3) is 0.375. The van der Waals surface area contributed by atoms with Crippen molar-refractivity contribution < 1.29 is 14.3 Å². The van der Waals surface area contributed by atoms with Crippen molar-refractivity contribution in [1.29, 1.82) is 0 Å². The Labute approximate surface area is 172 Å². The predicted molar refractivity (Wildman–Crippen MR) is 116 cm³/mol. The van der Waals surface area contributed by atoms with E-state index in [0.717, 1.165) is 17.1 Å². The molecule has 0 aliphatic carbocycles. The van der Waals surface area contributed by atoms with Crippen LogP contribution in [-0.4, -0.2) is 32.3 Å². The van der Waals surface area contributed by atoms with Crippen molar-refractivity contribution in [3.8, 4) is 11.5 Å². The Morgan fingerprint density at radius 3 is 2.62 bits per heavy atom. The number of benzene rings is 2. The minimum absolute atomic E-state index is 0.0743. The van der Waals surface area contributed by atoms with E-state index >= 15 is 0 Å². The number of nitrogens with one attached hydrogen (secondary N) is 1. The van der Waals surface area contributed by atoms with Crippen LogP contribution in [0.5, 0.6) is 11.5 Å². The van der Waals surface area contributed by atoms with Crippen molar-refractivity contribution in [2.75, 3.05) is 25.7 Å². The molecule has 1 N–H and O–H groups in total. The van der Waals surface area contributed by atoms with E-state index in [2.05, 4.69) is 55.3 Å². The number of nitrogens with zero attached hydrogens (tertiary/aromatic N) is 1. The summed E-state index contributed by atoms with van der Waals surface area (Å²) in [4.78, 5) is 14.9. The van der Waals surface area contributed by atoms with Gasteiger partial charge in [-0.05, 0) is 36.8 Å². The average Bonchev–Trinajstić information content (AvgIpc) is 2.90. The summed E-state index contributed by atoms with van der Waals surface area (Å²) in [5.41, 5.74) is 3.66. The van der Waals surface area contributed by atoms with Crippen LogP contribution in [0, 0.1) is 6.92 Å². The normalized spacial score (nSPS) is 22.2. The summed E-state index contributed by atoms with van der Waals surface area (Å²) in [5, 5.41) is 3.31. The Morgan fingerprint density at radius 2 is 1.90 bits per heavy atom. The predicted octanol–water partition coefficient (Wildman–Crippen LogP) is 4.04. The number of carbonyl (C=O) groups excluding carboxylic acids is 1. The van der Waals surface area contributed by atoms with Crippen LogP contribution in [0.1, 0.15) is 37.0 Å². The maximum atomic E-state index is 12.5. The van der Waals surface area contributed by atoms with E-state index in [1.807, 2.05) is 24.3 Å². The van der Waals surface area contributed by atoms with Gasteiger partial charge in [0, 0.05) is 35.7 Å². The number of methoxy groups -OCH3 is 2. The molecule has 2 aliphatic rings. The summed E-state index contributed by atoms with van der Waals surface area (Å²) in [5.74, 6) is 1.55. The molecule has 0 saturated carbocycles. The molecule has 0 radical (unpaired) electrons. The highest BCUT2D eigenvalue weighted by molar-refractivity contribution is 5.85. The molecule has 1 amide bonds. The number of fused-ring (bicyclic) bond motifs is 3. The zero-order valence-corrected chi connectivity index (χ0v) is 17.7. The minimum atomic E-state index is -0.636. The minimum Gasteiger partial charge on any atom is -0.497 e. The van der Waals surface area contributed by atoms with Gasteiger partial charge in [0.25, 0.3) is 0 Å². The largest absolute Gasteiger partial charge is 0.497 e. The van der Waals surface area contributed by atoms with Crippen LogP contribution >= 0.6 is 0 Å². The lowest BCUT2D eigenvalue weighted by molar-refractivity contribution is -0.124. The summed E-state index contributed by atoms with van der Waals surface area (Å²) >= 11 is 0. The van der Waals surface area contributed by atoms with Gasteiger partial charge in [0.15, 0.2) is 0 Å². The molecule has 0 aromatic heterocycles. The van der Waals surface area contributed by atoms with Crippen molar-refractivity contribution >= 4 is 17.7 Å².